The summed E-state index contributed by atoms with van der Waals surface area (Å²) < 4.78 is 24.2. The van der Waals surface area contributed by atoms with Crippen LogP contribution < -0.4 is 19.5 Å². The summed E-state index contributed by atoms with van der Waals surface area (Å²) in [6, 6.07) is 36.1. The van der Waals surface area contributed by atoms with E-state index in [4.69, 9.17) is 42.1 Å². The molecule has 0 saturated heterocycles. The maximum absolute atomic E-state index is 14.6. The van der Waals surface area contributed by atoms with Gasteiger partial charge in [0, 0.05) is 30.9 Å². The number of aromatic nitrogens is 1. The fourth-order valence-electron chi connectivity index (χ4n) is 8.43. The summed E-state index contributed by atoms with van der Waals surface area (Å²) in [7, 11) is 1.35. The normalized spacial score (nSPS) is 16.7. The zero-order chi connectivity index (χ0) is 43.3. The van der Waals surface area contributed by atoms with Crippen LogP contribution in [0.15, 0.2) is 121 Å². The van der Waals surface area contributed by atoms with Gasteiger partial charge < -0.3 is 24.3 Å². The molecule has 0 fully saturated rings. The number of hydrogen-bond acceptors (Lipinski definition) is 8. The molecule has 0 bridgehead atoms. The highest BCUT2D eigenvalue weighted by molar-refractivity contribution is 6.42. The molecule has 5 aromatic carbocycles. The molecular formula is C51H49Cl2N3O6. The smallest absolute Gasteiger partial charge is 0.328 e. The van der Waals surface area contributed by atoms with Crippen LogP contribution in [0.1, 0.15) is 70.1 Å². The number of carbonyl (C=O) groups is 2. The molecule has 0 aliphatic carbocycles. The van der Waals surface area contributed by atoms with Gasteiger partial charge in [-0.1, -0.05) is 103 Å². The van der Waals surface area contributed by atoms with Gasteiger partial charge in [0.15, 0.2) is 17.6 Å². The summed E-state index contributed by atoms with van der Waals surface area (Å²) in [6.45, 7) is 7.36. The van der Waals surface area contributed by atoms with E-state index in [2.05, 4.69) is 47.2 Å². The molecule has 1 amide bonds. The van der Waals surface area contributed by atoms with Crippen LogP contribution in [-0.2, 0) is 40.3 Å². The van der Waals surface area contributed by atoms with Crippen molar-refractivity contribution in [3.8, 4) is 28.4 Å². The Labute approximate surface area is 372 Å². The van der Waals surface area contributed by atoms with Gasteiger partial charge in [-0.15, -0.1) is 0 Å². The molecule has 8 rings (SSSR count). The molecule has 1 aromatic heterocycles. The lowest BCUT2D eigenvalue weighted by Gasteiger charge is -2.42. The highest BCUT2D eigenvalue weighted by atomic mass is 35.5. The van der Waals surface area contributed by atoms with Gasteiger partial charge >= 0.3 is 5.97 Å². The van der Waals surface area contributed by atoms with Gasteiger partial charge in [-0.25, -0.2) is 4.79 Å². The number of fused-ring (bicyclic) bond motifs is 2. The second-order valence-electron chi connectivity index (χ2n) is 15.9. The molecule has 0 unspecified atom stereocenters. The number of amides is 1. The van der Waals surface area contributed by atoms with Gasteiger partial charge in [0.2, 0.25) is 5.91 Å². The number of carbonyl (C=O) groups excluding carboxylic acids is 2. The van der Waals surface area contributed by atoms with E-state index in [0.29, 0.717) is 53.5 Å². The Morgan fingerprint density at radius 1 is 0.871 bits per heavy atom. The lowest BCUT2D eigenvalue weighted by Crippen LogP contribution is -2.55. The van der Waals surface area contributed by atoms with Crippen LogP contribution in [0.4, 0.5) is 0 Å². The van der Waals surface area contributed by atoms with E-state index < -0.39 is 18.1 Å². The lowest BCUT2D eigenvalue weighted by atomic mass is 9.89. The van der Waals surface area contributed by atoms with Gasteiger partial charge in [-0.3, -0.25) is 14.7 Å². The summed E-state index contributed by atoms with van der Waals surface area (Å²) >= 11 is 12.2. The number of pyridine rings is 1. The molecule has 11 heteroatoms. The van der Waals surface area contributed by atoms with Crippen LogP contribution >= 0.6 is 23.2 Å². The molecule has 62 heavy (non-hydrogen) atoms. The van der Waals surface area contributed by atoms with E-state index >= 15 is 0 Å². The summed E-state index contributed by atoms with van der Waals surface area (Å²) in [5.74, 6) is 1.27. The molecule has 9 nitrogen and oxygen atoms in total. The predicted octanol–water partition coefficient (Wildman–Crippen LogP) is 10.5. The summed E-state index contributed by atoms with van der Waals surface area (Å²) in [4.78, 5) is 34.6. The first kappa shape index (κ1) is 42.8. The summed E-state index contributed by atoms with van der Waals surface area (Å²) in [5, 5.41) is 4.11. The van der Waals surface area contributed by atoms with Crippen LogP contribution in [0.25, 0.3) is 11.1 Å². The molecule has 0 radical (unpaired) electrons. The fourth-order valence-corrected chi connectivity index (χ4v) is 8.75. The topological polar surface area (TPSA) is 99.2 Å². The Bertz CT molecular complexity index is 2550. The number of rotatable bonds is 13. The van der Waals surface area contributed by atoms with E-state index in [-0.39, 0.29) is 24.5 Å². The van der Waals surface area contributed by atoms with Crippen molar-refractivity contribution in [3.05, 3.63) is 176 Å². The first-order chi connectivity index (χ1) is 30.1. The Kier molecular flexibility index (Phi) is 13.1. The summed E-state index contributed by atoms with van der Waals surface area (Å²) in [5.41, 5.74) is 10.2. The molecule has 2 aliphatic rings. The quantitative estimate of drug-likeness (QED) is 0.115. The zero-order valence-electron chi connectivity index (χ0n) is 35.2. The van der Waals surface area contributed by atoms with Crippen molar-refractivity contribution < 1.29 is 28.5 Å². The molecule has 0 saturated carbocycles. The van der Waals surface area contributed by atoms with Crippen molar-refractivity contribution in [3.63, 3.8) is 0 Å². The fraction of sp³-hybridized carbons (Fsp3) is 0.275. The van der Waals surface area contributed by atoms with E-state index in [1.54, 1.807) is 12.1 Å². The Balaban J connectivity index is 1.00. The number of hydrogen-bond donors (Lipinski definition) is 1. The third kappa shape index (κ3) is 9.45. The van der Waals surface area contributed by atoms with E-state index in [9.17, 15) is 9.59 Å². The Morgan fingerprint density at radius 2 is 1.61 bits per heavy atom. The van der Waals surface area contributed by atoms with E-state index in [1.807, 2.05) is 98.0 Å². The third-order valence-electron chi connectivity index (χ3n) is 12.0. The minimum absolute atomic E-state index is 0.0668. The number of halogens is 2. The number of esters is 1. The first-order valence-electron chi connectivity index (χ1n) is 20.9. The first-order valence-corrected chi connectivity index (χ1v) is 21.7. The lowest BCUT2D eigenvalue weighted by molar-refractivity contribution is -0.146. The maximum Gasteiger partial charge on any atom is 0.328 e. The van der Waals surface area contributed by atoms with Crippen molar-refractivity contribution >= 4 is 35.1 Å². The molecule has 4 atom stereocenters. The van der Waals surface area contributed by atoms with Gasteiger partial charge in [-0.05, 0) is 119 Å². The van der Waals surface area contributed by atoms with Crippen LogP contribution in [0.3, 0.4) is 0 Å². The van der Waals surface area contributed by atoms with Crippen molar-refractivity contribution in [2.75, 3.05) is 13.7 Å². The molecule has 0 spiro atoms. The largest absolute Gasteiger partial charge is 0.489 e. The second kappa shape index (κ2) is 19.0. The molecule has 6 aromatic rings. The number of aryl methyl sites for hydroxylation is 1. The molecular weight excluding hydrogens is 821 g/mol. The highest BCUT2D eigenvalue weighted by Gasteiger charge is 2.39. The van der Waals surface area contributed by atoms with Gasteiger partial charge in [0.25, 0.3) is 0 Å². The standard InChI is InChI=1S/C51H49Cl2N3O6/c1-5-45(36-9-7-6-8-10-36)56-28-39-27-48-47(61-30-49(62-48)37-16-18-40(19-17-37)60-29-34-13-20-42(52)43(53)23-34)26-38(39)25-46(56)50(57)55-44(51(58)59-4)24-33-11-14-35(15-12-33)41-21-22-54-32(3)31(41)2/h6-23,26-27,44-46,49H,5,24-25,28-30H2,1-4H3,(H,55,57)/t44-,45-,46-,49+/m0/s1. The van der Waals surface area contributed by atoms with Crippen molar-refractivity contribution in [1.82, 2.24) is 15.2 Å². The Hall–Kier alpha value is -5.87. The van der Waals surface area contributed by atoms with Gasteiger partial charge in [0.1, 0.15) is 25.0 Å². The van der Waals surface area contributed by atoms with Crippen LogP contribution in [-0.4, -0.2) is 47.6 Å². The van der Waals surface area contributed by atoms with Crippen molar-refractivity contribution in [2.24, 2.45) is 0 Å². The van der Waals surface area contributed by atoms with Gasteiger partial charge in [-0.2, -0.15) is 0 Å². The number of nitrogens with zero attached hydrogens (tertiary/aromatic N) is 2. The Morgan fingerprint density at radius 3 is 2.34 bits per heavy atom. The number of methoxy groups -OCH3 is 1. The number of nitrogens with one attached hydrogen (secondary N) is 1. The van der Waals surface area contributed by atoms with E-state index in [0.717, 1.165) is 62.2 Å². The highest BCUT2D eigenvalue weighted by Crippen LogP contribution is 2.43. The second-order valence-corrected chi connectivity index (χ2v) is 16.7. The minimum Gasteiger partial charge on any atom is -0.489 e. The number of ether oxygens (including phenoxy) is 4. The maximum atomic E-state index is 14.6. The monoisotopic (exact) mass is 869 g/mol. The van der Waals surface area contributed by atoms with Crippen molar-refractivity contribution in [2.45, 2.75) is 77.4 Å². The predicted molar refractivity (Wildman–Crippen MR) is 242 cm³/mol. The summed E-state index contributed by atoms with van der Waals surface area (Å²) in [6.07, 6.45) is 2.95. The minimum atomic E-state index is -0.885. The molecule has 1 N–H and O–H groups in total. The SMILES string of the molecule is CC[C@@H](c1ccccc1)N1Cc2cc3c(cc2C[C@H]1C(=O)N[C@@H](Cc1ccc(-c2ccnc(C)c2C)cc1)C(=O)OC)OC[C@H](c1ccc(OCc2ccc(Cl)c(Cl)c2)cc1)O3. The van der Waals surface area contributed by atoms with E-state index in [1.165, 1.54) is 7.11 Å². The van der Waals surface area contributed by atoms with Crippen LogP contribution in [0, 0.1) is 13.8 Å². The van der Waals surface area contributed by atoms with Crippen molar-refractivity contribution in [1.29, 1.82) is 0 Å². The average Bonchev–Trinajstić information content (AvgIpc) is 3.29. The molecule has 3 heterocycles. The van der Waals surface area contributed by atoms with Crippen LogP contribution in [0.5, 0.6) is 17.2 Å². The zero-order valence-corrected chi connectivity index (χ0v) is 36.7. The average molecular weight is 871 g/mol. The molecule has 2 aliphatic heterocycles. The third-order valence-corrected chi connectivity index (χ3v) is 12.7. The van der Waals surface area contributed by atoms with Crippen LogP contribution in [0.2, 0.25) is 10.0 Å². The van der Waals surface area contributed by atoms with Gasteiger partial charge in [0.05, 0.1) is 23.2 Å². The molecule has 318 valence electrons. The number of benzene rings is 5.